The van der Waals surface area contributed by atoms with Gasteiger partial charge in [0.1, 0.15) is 0 Å². The van der Waals surface area contributed by atoms with Crippen molar-refractivity contribution in [2.45, 2.75) is 32.2 Å². The Morgan fingerprint density at radius 2 is 2.17 bits per heavy atom. The number of piperidine rings is 1. The summed E-state index contributed by atoms with van der Waals surface area (Å²) in [6, 6.07) is 7.71. The third kappa shape index (κ3) is 3.85. The number of rotatable bonds is 4. The van der Waals surface area contributed by atoms with E-state index in [2.05, 4.69) is 10.6 Å². The van der Waals surface area contributed by atoms with Crippen LogP contribution in [-0.4, -0.2) is 36.3 Å². The highest BCUT2D eigenvalue weighted by atomic mass is 16.2. The van der Waals surface area contributed by atoms with Gasteiger partial charge in [0, 0.05) is 19.7 Å². The van der Waals surface area contributed by atoms with Gasteiger partial charge in [0.05, 0.1) is 12.5 Å². The van der Waals surface area contributed by atoms with Gasteiger partial charge in [-0.1, -0.05) is 24.3 Å². The maximum Gasteiger partial charge on any atom is 0.223 e. The molecule has 0 bridgehead atoms. The fraction of sp³-hybridized carbons (Fsp3) is 0.474. The molecule has 1 aromatic carbocycles. The molecule has 2 unspecified atom stereocenters. The van der Waals surface area contributed by atoms with Crippen molar-refractivity contribution in [2.24, 2.45) is 5.92 Å². The lowest BCUT2D eigenvalue weighted by Crippen LogP contribution is -2.40. The fourth-order valence-corrected chi connectivity index (χ4v) is 3.52. The van der Waals surface area contributed by atoms with E-state index in [1.807, 2.05) is 30.3 Å². The molecule has 0 aliphatic carbocycles. The first kappa shape index (κ1) is 16.7. The zero-order valence-corrected chi connectivity index (χ0v) is 14.1. The van der Waals surface area contributed by atoms with Crippen LogP contribution in [-0.2, 0) is 9.59 Å². The fourth-order valence-electron chi connectivity index (χ4n) is 3.52. The van der Waals surface area contributed by atoms with Crippen LogP contribution in [0.1, 0.15) is 43.4 Å². The van der Waals surface area contributed by atoms with Crippen LogP contribution in [0.3, 0.4) is 0 Å². The SMILES string of the molecule is CC(=O)N1C=Cc2ccccc2C1CC(=O)NCC1CCCNC1. The molecule has 2 atom stereocenters. The Labute approximate surface area is 143 Å². The lowest BCUT2D eigenvalue weighted by Gasteiger charge is -2.32. The van der Waals surface area contributed by atoms with Crippen molar-refractivity contribution in [1.82, 2.24) is 15.5 Å². The van der Waals surface area contributed by atoms with E-state index in [0.717, 1.165) is 30.6 Å². The van der Waals surface area contributed by atoms with Gasteiger partial charge >= 0.3 is 0 Å². The number of carbonyl (C=O) groups excluding carboxylic acids is 2. The Balaban J connectivity index is 1.65. The Bertz CT molecular complexity index is 635. The Morgan fingerprint density at radius 1 is 1.33 bits per heavy atom. The average molecular weight is 327 g/mol. The average Bonchev–Trinajstić information content (AvgIpc) is 2.61. The van der Waals surface area contributed by atoms with E-state index in [1.165, 1.54) is 13.3 Å². The number of carbonyl (C=O) groups is 2. The van der Waals surface area contributed by atoms with Crippen LogP contribution in [0.2, 0.25) is 0 Å². The smallest absolute Gasteiger partial charge is 0.223 e. The summed E-state index contributed by atoms with van der Waals surface area (Å²) in [6.07, 6.45) is 6.33. The summed E-state index contributed by atoms with van der Waals surface area (Å²) in [5, 5.41) is 6.41. The molecule has 0 saturated carbocycles. The molecule has 5 heteroatoms. The third-order valence-corrected chi connectivity index (χ3v) is 4.83. The Kier molecular flexibility index (Phi) is 5.30. The lowest BCUT2D eigenvalue weighted by atomic mass is 9.93. The van der Waals surface area contributed by atoms with Crippen molar-refractivity contribution in [2.75, 3.05) is 19.6 Å². The first-order chi connectivity index (χ1) is 11.6. The van der Waals surface area contributed by atoms with Crippen LogP contribution in [0.15, 0.2) is 30.5 Å². The summed E-state index contributed by atoms with van der Waals surface area (Å²) in [5.74, 6) is 0.460. The van der Waals surface area contributed by atoms with Crippen molar-refractivity contribution in [1.29, 1.82) is 0 Å². The number of fused-ring (bicyclic) bond motifs is 1. The monoisotopic (exact) mass is 327 g/mol. The molecular weight excluding hydrogens is 302 g/mol. The molecule has 0 radical (unpaired) electrons. The minimum atomic E-state index is -0.229. The van der Waals surface area contributed by atoms with E-state index < -0.39 is 0 Å². The minimum absolute atomic E-state index is 0.00178. The van der Waals surface area contributed by atoms with E-state index in [4.69, 9.17) is 0 Å². The topological polar surface area (TPSA) is 61.4 Å². The quantitative estimate of drug-likeness (QED) is 0.890. The Hall–Kier alpha value is -2.14. The summed E-state index contributed by atoms with van der Waals surface area (Å²) >= 11 is 0. The highest BCUT2D eigenvalue weighted by molar-refractivity contribution is 5.81. The van der Waals surface area contributed by atoms with Gasteiger partial charge in [-0.2, -0.15) is 0 Å². The van der Waals surface area contributed by atoms with E-state index in [-0.39, 0.29) is 17.9 Å². The summed E-state index contributed by atoms with van der Waals surface area (Å²) in [4.78, 5) is 26.0. The standard InChI is InChI=1S/C19H25N3O2/c1-14(23)22-10-8-16-6-2-3-7-17(16)18(22)11-19(24)21-13-15-5-4-9-20-12-15/h2-3,6-8,10,15,18,20H,4-5,9,11-13H2,1H3,(H,21,24). The summed E-state index contributed by atoms with van der Waals surface area (Å²) in [7, 11) is 0. The van der Waals surface area contributed by atoms with E-state index >= 15 is 0 Å². The predicted octanol–water partition coefficient (Wildman–Crippen LogP) is 2.07. The second-order valence-corrected chi connectivity index (χ2v) is 6.61. The molecule has 24 heavy (non-hydrogen) atoms. The van der Waals surface area contributed by atoms with Crippen LogP contribution in [0.25, 0.3) is 6.08 Å². The number of nitrogens with one attached hydrogen (secondary N) is 2. The molecule has 3 rings (SSSR count). The second-order valence-electron chi connectivity index (χ2n) is 6.61. The molecule has 2 heterocycles. The molecule has 2 aliphatic rings. The Morgan fingerprint density at radius 3 is 2.92 bits per heavy atom. The summed E-state index contributed by atoms with van der Waals surface area (Å²) in [5.41, 5.74) is 2.11. The number of benzene rings is 1. The number of hydrogen-bond donors (Lipinski definition) is 2. The van der Waals surface area contributed by atoms with E-state index in [9.17, 15) is 9.59 Å². The molecule has 0 spiro atoms. The lowest BCUT2D eigenvalue weighted by molar-refractivity contribution is -0.130. The number of nitrogens with zero attached hydrogens (tertiary/aromatic N) is 1. The van der Waals surface area contributed by atoms with Crippen molar-refractivity contribution >= 4 is 17.9 Å². The van der Waals surface area contributed by atoms with Gasteiger partial charge in [0.15, 0.2) is 0 Å². The first-order valence-electron chi connectivity index (χ1n) is 8.68. The second kappa shape index (κ2) is 7.62. The molecule has 2 aliphatic heterocycles. The summed E-state index contributed by atoms with van der Waals surface area (Å²) in [6.45, 7) is 4.28. The molecule has 1 saturated heterocycles. The van der Waals surface area contributed by atoms with Gasteiger partial charge in [-0.25, -0.2) is 0 Å². The zero-order chi connectivity index (χ0) is 16.9. The molecule has 2 N–H and O–H groups in total. The normalized spacial score (nSPS) is 22.8. The maximum absolute atomic E-state index is 12.4. The van der Waals surface area contributed by atoms with Crippen LogP contribution in [0, 0.1) is 5.92 Å². The zero-order valence-electron chi connectivity index (χ0n) is 14.1. The van der Waals surface area contributed by atoms with E-state index in [1.54, 1.807) is 11.1 Å². The van der Waals surface area contributed by atoms with Crippen LogP contribution in [0.5, 0.6) is 0 Å². The van der Waals surface area contributed by atoms with Crippen LogP contribution < -0.4 is 10.6 Å². The van der Waals surface area contributed by atoms with Crippen molar-refractivity contribution in [3.63, 3.8) is 0 Å². The molecule has 1 fully saturated rings. The van der Waals surface area contributed by atoms with Crippen molar-refractivity contribution in [3.05, 3.63) is 41.6 Å². The number of amides is 2. The molecule has 0 aromatic heterocycles. The van der Waals surface area contributed by atoms with Gasteiger partial charge < -0.3 is 15.5 Å². The van der Waals surface area contributed by atoms with Crippen molar-refractivity contribution < 1.29 is 9.59 Å². The highest BCUT2D eigenvalue weighted by Gasteiger charge is 2.28. The van der Waals surface area contributed by atoms with Gasteiger partial charge in [-0.05, 0) is 49.1 Å². The van der Waals surface area contributed by atoms with Crippen molar-refractivity contribution in [3.8, 4) is 0 Å². The van der Waals surface area contributed by atoms with Gasteiger partial charge in [-0.3, -0.25) is 9.59 Å². The maximum atomic E-state index is 12.4. The third-order valence-electron chi connectivity index (χ3n) is 4.83. The molecule has 2 amide bonds. The molecule has 128 valence electrons. The number of hydrogen-bond acceptors (Lipinski definition) is 3. The highest BCUT2D eigenvalue weighted by Crippen LogP contribution is 2.32. The summed E-state index contributed by atoms with van der Waals surface area (Å²) < 4.78 is 0. The van der Waals surface area contributed by atoms with E-state index in [0.29, 0.717) is 18.9 Å². The van der Waals surface area contributed by atoms with Gasteiger partial charge in [0.2, 0.25) is 11.8 Å². The van der Waals surface area contributed by atoms with Gasteiger partial charge in [-0.15, -0.1) is 0 Å². The largest absolute Gasteiger partial charge is 0.356 e. The molecule has 1 aromatic rings. The molecule has 5 nitrogen and oxygen atoms in total. The predicted molar refractivity (Wildman–Crippen MR) is 94.0 cm³/mol. The first-order valence-corrected chi connectivity index (χ1v) is 8.68. The van der Waals surface area contributed by atoms with Crippen LogP contribution >= 0.6 is 0 Å². The minimum Gasteiger partial charge on any atom is -0.356 e. The van der Waals surface area contributed by atoms with Crippen LogP contribution in [0.4, 0.5) is 0 Å². The van der Waals surface area contributed by atoms with Gasteiger partial charge in [0.25, 0.3) is 0 Å². The molecular formula is C19H25N3O2.